The molecule has 1 heterocycles. The van der Waals surface area contributed by atoms with Gasteiger partial charge in [0.1, 0.15) is 0 Å². The lowest BCUT2D eigenvalue weighted by atomic mass is 10.1. The molecule has 0 N–H and O–H groups in total. The Morgan fingerprint density at radius 3 is 3.00 bits per heavy atom. The van der Waals surface area contributed by atoms with Crippen LogP contribution in [0, 0.1) is 0 Å². The van der Waals surface area contributed by atoms with Gasteiger partial charge >= 0.3 is 0 Å². The van der Waals surface area contributed by atoms with Crippen molar-refractivity contribution in [1.29, 1.82) is 0 Å². The number of benzene rings is 1. The van der Waals surface area contributed by atoms with E-state index in [1.807, 2.05) is 24.3 Å². The summed E-state index contributed by atoms with van der Waals surface area (Å²) in [5.41, 5.74) is 0.811. The van der Waals surface area contributed by atoms with E-state index in [0.717, 1.165) is 23.1 Å². The molecule has 17 heavy (non-hydrogen) atoms. The van der Waals surface area contributed by atoms with Gasteiger partial charge in [0, 0.05) is 29.0 Å². The molecule has 1 aromatic carbocycles. The highest BCUT2D eigenvalue weighted by Crippen LogP contribution is 2.18. The molecule has 92 valence electrons. The Balaban J connectivity index is 1.89. The van der Waals surface area contributed by atoms with E-state index >= 15 is 0 Å². The SMILES string of the molecule is CC1CCCN1CCC(=O)c1cccc(Br)c1. The van der Waals surface area contributed by atoms with Crippen molar-refractivity contribution >= 4 is 21.7 Å². The van der Waals surface area contributed by atoms with Crippen LogP contribution in [0.3, 0.4) is 0 Å². The molecule has 1 atom stereocenters. The highest BCUT2D eigenvalue weighted by Gasteiger charge is 2.20. The molecule has 2 rings (SSSR count). The normalized spacial score (nSPS) is 20.7. The molecule has 1 aromatic rings. The molecule has 0 aromatic heterocycles. The van der Waals surface area contributed by atoms with Crippen LogP contribution in [-0.2, 0) is 0 Å². The number of likely N-dealkylation sites (tertiary alicyclic amines) is 1. The lowest BCUT2D eigenvalue weighted by Gasteiger charge is -2.20. The second-order valence-corrected chi connectivity index (χ2v) is 5.63. The van der Waals surface area contributed by atoms with Crippen LogP contribution in [0.25, 0.3) is 0 Å². The first-order chi connectivity index (χ1) is 8.16. The van der Waals surface area contributed by atoms with E-state index < -0.39 is 0 Å². The van der Waals surface area contributed by atoms with E-state index in [1.165, 1.54) is 12.8 Å². The second-order valence-electron chi connectivity index (χ2n) is 4.71. The van der Waals surface area contributed by atoms with Crippen LogP contribution >= 0.6 is 15.9 Å². The van der Waals surface area contributed by atoms with Crippen molar-refractivity contribution < 1.29 is 4.79 Å². The molecule has 1 fully saturated rings. The highest BCUT2D eigenvalue weighted by molar-refractivity contribution is 9.10. The van der Waals surface area contributed by atoms with Crippen molar-refractivity contribution in [1.82, 2.24) is 4.90 Å². The monoisotopic (exact) mass is 295 g/mol. The molecule has 1 aliphatic heterocycles. The second kappa shape index (κ2) is 5.78. The lowest BCUT2D eigenvalue weighted by Crippen LogP contribution is -2.29. The molecule has 1 aliphatic rings. The summed E-state index contributed by atoms with van der Waals surface area (Å²) in [6, 6.07) is 8.29. The van der Waals surface area contributed by atoms with E-state index in [2.05, 4.69) is 27.8 Å². The molecule has 0 spiro atoms. The molecule has 0 bridgehead atoms. The number of carbonyl (C=O) groups is 1. The van der Waals surface area contributed by atoms with E-state index in [1.54, 1.807) is 0 Å². The van der Waals surface area contributed by atoms with Gasteiger partial charge in [0.15, 0.2) is 5.78 Å². The Labute approximate surface area is 111 Å². The highest BCUT2D eigenvalue weighted by atomic mass is 79.9. The van der Waals surface area contributed by atoms with Crippen LogP contribution < -0.4 is 0 Å². The summed E-state index contributed by atoms with van der Waals surface area (Å²) in [5, 5.41) is 0. The van der Waals surface area contributed by atoms with Gasteiger partial charge in [-0.3, -0.25) is 4.79 Å². The molecular formula is C14H18BrNO. The number of halogens is 1. The van der Waals surface area contributed by atoms with Crippen molar-refractivity contribution in [3.8, 4) is 0 Å². The van der Waals surface area contributed by atoms with Gasteiger partial charge in [0.05, 0.1) is 0 Å². The largest absolute Gasteiger partial charge is 0.300 e. The number of ketones is 1. The zero-order valence-corrected chi connectivity index (χ0v) is 11.7. The molecule has 1 saturated heterocycles. The van der Waals surface area contributed by atoms with Gasteiger partial charge in [0.2, 0.25) is 0 Å². The van der Waals surface area contributed by atoms with Crippen molar-refractivity contribution in [3.63, 3.8) is 0 Å². The zero-order chi connectivity index (χ0) is 12.3. The standard InChI is InChI=1S/C14H18BrNO/c1-11-4-3-8-16(11)9-7-14(17)12-5-2-6-13(15)10-12/h2,5-6,10-11H,3-4,7-9H2,1H3. The smallest absolute Gasteiger partial charge is 0.164 e. The van der Waals surface area contributed by atoms with Gasteiger partial charge in [-0.05, 0) is 38.4 Å². The minimum absolute atomic E-state index is 0.241. The maximum atomic E-state index is 12.0. The predicted octanol–water partition coefficient (Wildman–Crippen LogP) is 3.51. The van der Waals surface area contributed by atoms with E-state index in [-0.39, 0.29) is 5.78 Å². The average Bonchev–Trinajstić information content (AvgIpc) is 2.72. The molecule has 0 radical (unpaired) electrons. The Hall–Kier alpha value is -0.670. The number of carbonyl (C=O) groups excluding carboxylic acids is 1. The fraction of sp³-hybridized carbons (Fsp3) is 0.500. The van der Waals surface area contributed by atoms with Crippen molar-refractivity contribution in [2.45, 2.75) is 32.2 Å². The minimum Gasteiger partial charge on any atom is -0.300 e. The number of hydrogen-bond donors (Lipinski definition) is 0. The lowest BCUT2D eigenvalue weighted by molar-refractivity contribution is 0.0963. The maximum Gasteiger partial charge on any atom is 0.164 e. The fourth-order valence-electron chi connectivity index (χ4n) is 2.38. The summed E-state index contributed by atoms with van der Waals surface area (Å²) in [5.74, 6) is 0.241. The van der Waals surface area contributed by atoms with E-state index in [4.69, 9.17) is 0 Å². The average molecular weight is 296 g/mol. The van der Waals surface area contributed by atoms with Gasteiger partial charge in [-0.1, -0.05) is 28.1 Å². The van der Waals surface area contributed by atoms with Gasteiger partial charge in [-0.25, -0.2) is 0 Å². The third kappa shape index (κ3) is 3.39. The van der Waals surface area contributed by atoms with Crippen LogP contribution in [0.5, 0.6) is 0 Å². The predicted molar refractivity (Wildman–Crippen MR) is 73.4 cm³/mol. The van der Waals surface area contributed by atoms with Crippen molar-refractivity contribution in [2.75, 3.05) is 13.1 Å². The minimum atomic E-state index is 0.241. The van der Waals surface area contributed by atoms with Crippen molar-refractivity contribution in [2.24, 2.45) is 0 Å². The zero-order valence-electron chi connectivity index (χ0n) is 10.2. The molecule has 3 heteroatoms. The maximum absolute atomic E-state index is 12.0. The van der Waals surface area contributed by atoms with Gasteiger partial charge in [-0.2, -0.15) is 0 Å². The van der Waals surface area contributed by atoms with E-state index in [9.17, 15) is 4.79 Å². The van der Waals surface area contributed by atoms with Crippen LogP contribution in [0.2, 0.25) is 0 Å². The van der Waals surface area contributed by atoms with Crippen LogP contribution in [0.1, 0.15) is 36.5 Å². The number of hydrogen-bond acceptors (Lipinski definition) is 2. The Morgan fingerprint density at radius 2 is 2.35 bits per heavy atom. The first-order valence-electron chi connectivity index (χ1n) is 6.19. The number of rotatable bonds is 4. The summed E-state index contributed by atoms with van der Waals surface area (Å²) >= 11 is 3.39. The third-order valence-corrected chi connectivity index (χ3v) is 3.96. The third-order valence-electron chi connectivity index (χ3n) is 3.46. The molecular weight excluding hydrogens is 278 g/mol. The first kappa shape index (κ1) is 12.8. The van der Waals surface area contributed by atoms with Gasteiger partial charge in [-0.15, -0.1) is 0 Å². The fourth-order valence-corrected chi connectivity index (χ4v) is 2.78. The van der Waals surface area contributed by atoms with Gasteiger partial charge in [0.25, 0.3) is 0 Å². The summed E-state index contributed by atoms with van der Waals surface area (Å²) in [7, 11) is 0. The molecule has 0 aliphatic carbocycles. The quantitative estimate of drug-likeness (QED) is 0.793. The molecule has 1 unspecified atom stereocenters. The summed E-state index contributed by atoms with van der Waals surface area (Å²) in [6.45, 7) is 4.29. The van der Waals surface area contributed by atoms with Crippen LogP contribution in [0.4, 0.5) is 0 Å². The van der Waals surface area contributed by atoms with Crippen LogP contribution in [-0.4, -0.2) is 29.8 Å². The molecule has 2 nitrogen and oxygen atoms in total. The summed E-state index contributed by atoms with van der Waals surface area (Å²) in [4.78, 5) is 14.4. The Morgan fingerprint density at radius 1 is 1.53 bits per heavy atom. The Kier molecular flexibility index (Phi) is 4.35. The number of Topliss-reactive ketones (excluding diaryl/α,β-unsaturated/α-hetero) is 1. The van der Waals surface area contributed by atoms with E-state index in [0.29, 0.717) is 12.5 Å². The van der Waals surface area contributed by atoms with Crippen molar-refractivity contribution in [3.05, 3.63) is 34.3 Å². The molecule has 0 saturated carbocycles. The Bertz CT molecular complexity index is 405. The summed E-state index contributed by atoms with van der Waals surface area (Å²) in [6.07, 6.45) is 3.16. The first-order valence-corrected chi connectivity index (χ1v) is 6.99. The molecule has 0 amide bonds. The number of nitrogens with zero attached hydrogens (tertiary/aromatic N) is 1. The van der Waals surface area contributed by atoms with Gasteiger partial charge < -0.3 is 4.90 Å². The summed E-state index contributed by atoms with van der Waals surface area (Å²) < 4.78 is 0.970. The van der Waals surface area contributed by atoms with Crippen LogP contribution in [0.15, 0.2) is 28.7 Å². The topological polar surface area (TPSA) is 20.3 Å².